The molecule has 3 rings (SSSR count). The molecule has 4 N–H and O–H groups in total. The lowest BCUT2D eigenvalue weighted by Crippen LogP contribution is -2.18. The van der Waals surface area contributed by atoms with Crippen LogP contribution in [0.15, 0.2) is 47.3 Å². The van der Waals surface area contributed by atoms with E-state index in [0.717, 1.165) is 11.1 Å². The number of hydrogen-bond acceptors (Lipinski definition) is 7. The number of anilines is 1. The van der Waals surface area contributed by atoms with Crippen LogP contribution in [-0.2, 0) is 17.0 Å². The number of nitrogen functional groups attached to an aromatic ring is 1. The summed E-state index contributed by atoms with van der Waals surface area (Å²) in [6.07, 6.45) is 0. The summed E-state index contributed by atoms with van der Waals surface area (Å²) in [6, 6.07) is 12.7. The van der Waals surface area contributed by atoms with Gasteiger partial charge in [-0.25, -0.2) is 9.78 Å². The zero-order valence-electron chi connectivity index (χ0n) is 15.7. The van der Waals surface area contributed by atoms with E-state index in [9.17, 15) is 9.59 Å². The molecule has 0 unspecified atom stereocenters. The maximum absolute atomic E-state index is 12.0. The number of nitrogens with two attached hydrogens (primary N) is 1. The molecule has 1 aromatic heterocycles. The number of nitrogens with zero attached hydrogens (tertiary/aromatic N) is 1. The molecule has 0 saturated heterocycles. The molecular formula is C20H20N4O3S2. The van der Waals surface area contributed by atoms with Crippen molar-refractivity contribution in [1.82, 2.24) is 15.3 Å². The van der Waals surface area contributed by atoms with Gasteiger partial charge in [-0.2, -0.15) is 0 Å². The standard InChI is InChI=1S/C20H20N4O3S2/c1-2-27-18(26)14-6-3-12(4-7-14)11-29-20(28)22-10-13-5-8-16-15(9-13)17(25)24-19(21)23-16/h3-9H,2,10-11H2,1H3,(H,22,28)(H3,21,23,24,25). The van der Waals surface area contributed by atoms with Gasteiger partial charge in [-0.1, -0.05) is 42.2 Å². The largest absolute Gasteiger partial charge is 0.462 e. The van der Waals surface area contributed by atoms with Gasteiger partial charge in [-0.05, 0) is 42.3 Å². The number of thioether (sulfide) groups is 1. The average molecular weight is 429 g/mol. The van der Waals surface area contributed by atoms with Gasteiger partial charge in [0.1, 0.15) is 4.32 Å². The molecule has 29 heavy (non-hydrogen) atoms. The lowest BCUT2D eigenvalue weighted by molar-refractivity contribution is 0.0526. The van der Waals surface area contributed by atoms with Gasteiger partial charge in [-0.15, -0.1) is 0 Å². The second kappa shape index (κ2) is 9.53. The zero-order valence-corrected chi connectivity index (χ0v) is 17.4. The summed E-state index contributed by atoms with van der Waals surface area (Å²) in [4.78, 5) is 30.3. The lowest BCUT2D eigenvalue weighted by atomic mass is 10.1. The topological polar surface area (TPSA) is 110 Å². The number of hydrogen-bond donors (Lipinski definition) is 3. The van der Waals surface area contributed by atoms with Crippen LogP contribution in [-0.4, -0.2) is 26.9 Å². The number of ether oxygens (including phenoxy) is 1. The van der Waals surface area contributed by atoms with E-state index in [1.165, 1.54) is 11.8 Å². The number of carbonyl (C=O) groups excluding carboxylic acids is 1. The Morgan fingerprint density at radius 3 is 2.69 bits per heavy atom. The van der Waals surface area contributed by atoms with Crippen LogP contribution >= 0.6 is 24.0 Å². The fourth-order valence-corrected chi connectivity index (χ4v) is 3.55. The third kappa shape index (κ3) is 5.55. The van der Waals surface area contributed by atoms with Crippen molar-refractivity contribution in [2.45, 2.75) is 19.2 Å². The van der Waals surface area contributed by atoms with Gasteiger partial charge in [0, 0.05) is 12.3 Å². The molecule has 0 radical (unpaired) electrons. The SMILES string of the molecule is CCOC(=O)c1ccc(CSC(=S)NCc2ccc3nc(N)[nH]c(=O)c3c2)cc1. The van der Waals surface area contributed by atoms with Crippen molar-refractivity contribution in [2.75, 3.05) is 12.3 Å². The predicted octanol–water partition coefficient (Wildman–Crippen LogP) is 2.99. The molecule has 1 heterocycles. The van der Waals surface area contributed by atoms with Gasteiger partial charge in [0.05, 0.1) is 23.1 Å². The Balaban J connectivity index is 1.53. The molecule has 2 aromatic carbocycles. The molecule has 0 spiro atoms. The molecule has 0 bridgehead atoms. The highest BCUT2D eigenvalue weighted by Gasteiger charge is 2.07. The quantitative estimate of drug-likeness (QED) is 0.406. The van der Waals surface area contributed by atoms with E-state index in [1.807, 2.05) is 18.2 Å². The van der Waals surface area contributed by atoms with E-state index in [2.05, 4.69) is 15.3 Å². The molecular weight excluding hydrogens is 408 g/mol. The van der Waals surface area contributed by atoms with Crippen molar-refractivity contribution in [3.8, 4) is 0 Å². The van der Waals surface area contributed by atoms with Crippen molar-refractivity contribution in [1.29, 1.82) is 0 Å². The zero-order chi connectivity index (χ0) is 20.8. The first-order valence-corrected chi connectivity index (χ1v) is 10.3. The molecule has 9 heteroatoms. The van der Waals surface area contributed by atoms with Crippen LogP contribution in [0.3, 0.4) is 0 Å². The van der Waals surface area contributed by atoms with Crippen LogP contribution in [0.4, 0.5) is 5.95 Å². The third-order valence-electron chi connectivity index (χ3n) is 4.06. The van der Waals surface area contributed by atoms with Crippen molar-refractivity contribution in [3.05, 3.63) is 69.5 Å². The Hall–Kier alpha value is -2.91. The van der Waals surface area contributed by atoms with Gasteiger partial charge in [0.15, 0.2) is 0 Å². The van der Waals surface area contributed by atoms with Crippen molar-refractivity contribution < 1.29 is 9.53 Å². The van der Waals surface area contributed by atoms with E-state index in [-0.39, 0.29) is 17.5 Å². The number of benzene rings is 2. The van der Waals surface area contributed by atoms with Gasteiger partial charge < -0.3 is 15.8 Å². The number of carbonyl (C=O) groups is 1. The van der Waals surface area contributed by atoms with Crippen LogP contribution in [0.1, 0.15) is 28.4 Å². The van der Waals surface area contributed by atoms with Crippen LogP contribution in [0.5, 0.6) is 0 Å². The van der Waals surface area contributed by atoms with E-state index < -0.39 is 0 Å². The number of thiocarbonyl (C=S) groups is 1. The summed E-state index contributed by atoms with van der Waals surface area (Å²) in [5, 5.41) is 3.66. The van der Waals surface area contributed by atoms with Gasteiger partial charge in [0.25, 0.3) is 5.56 Å². The minimum Gasteiger partial charge on any atom is -0.462 e. The fraction of sp³-hybridized carbons (Fsp3) is 0.200. The Morgan fingerprint density at radius 1 is 1.24 bits per heavy atom. The summed E-state index contributed by atoms with van der Waals surface area (Å²) in [5.74, 6) is 0.451. The Bertz CT molecular complexity index is 1100. The predicted molar refractivity (Wildman–Crippen MR) is 120 cm³/mol. The molecule has 0 amide bonds. The number of aromatic nitrogens is 2. The normalized spacial score (nSPS) is 10.7. The van der Waals surface area contributed by atoms with E-state index in [1.54, 1.807) is 31.2 Å². The minimum absolute atomic E-state index is 0.0984. The number of rotatable bonds is 6. The molecule has 7 nitrogen and oxygen atoms in total. The number of esters is 1. The van der Waals surface area contributed by atoms with E-state index in [4.69, 9.17) is 22.7 Å². The third-order valence-corrected chi connectivity index (χ3v) is 5.44. The summed E-state index contributed by atoms with van der Waals surface area (Å²) in [7, 11) is 0. The van der Waals surface area contributed by atoms with Gasteiger partial charge in [0.2, 0.25) is 5.95 Å². The second-order valence-corrected chi connectivity index (χ2v) is 7.80. The van der Waals surface area contributed by atoms with Crippen LogP contribution in [0.25, 0.3) is 10.9 Å². The minimum atomic E-state index is -0.323. The Kier molecular flexibility index (Phi) is 6.84. The summed E-state index contributed by atoms with van der Waals surface area (Å²) in [6.45, 7) is 2.62. The summed E-state index contributed by atoms with van der Waals surface area (Å²) >= 11 is 6.86. The molecule has 0 aliphatic heterocycles. The smallest absolute Gasteiger partial charge is 0.338 e. The first-order valence-electron chi connectivity index (χ1n) is 8.91. The first-order chi connectivity index (χ1) is 14.0. The Morgan fingerprint density at radius 2 is 1.97 bits per heavy atom. The number of fused-ring (bicyclic) bond motifs is 1. The van der Waals surface area contributed by atoms with Crippen molar-refractivity contribution in [2.24, 2.45) is 0 Å². The Labute approximate surface area is 177 Å². The number of nitrogens with one attached hydrogen (secondary N) is 2. The highest BCUT2D eigenvalue weighted by atomic mass is 32.2. The fourth-order valence-electron chi connectivity index (χ4n) is 2.64. The van der Waals surface area contributed by atoms with Gasteiger partial charge >= 0.3 is 5.97 Å². The van der Waals surface area contributed by atoms with Crippen molar-refractivity contribution >= 4 is 51.1 Å². The van der Waals surface area contributed by atoms with Crippen LogP contribution < -0.4 is 16.6 Å². The molecule has 0 saturated carbocycles. The van der Waals surface area contributed by atoms with Crippen molar-refractivity contribution in [3.63, 3.8) is 0 Å². The molecule has 0 fully saturated rings. The van der Waals surface area contributed by atoms with E-state index >= 15 is 0 Å². The first kappa shape index (κ1) is 20.8. The van der Waals surface area contributed by atoms with Gasteiger partial charge in [-0.3, -0.25) is 9.78 Å². The summed E-state index contributed by atoms with van der Waals surface area (Å²) in [5.41, 5.74) is 8.34. The lowest BCUT2D eigenvalue weighted by Gasteiger charge is -2.09. The monoisotopic (exact) mass is 428 g/mol. The molecule has 0 aliphatic rings. The molecule has 150 valence electrons. The van der Waals surface area contributed by atoms with E-state index in [0.29, 0.717) is 39.7 Å². The maximum Gasteiger partial charge on any atom is 0.338 e. The number of aromatic amines is 1. The van der Waals surface area contributed by atoms with Crippen LogP contribution in [0, 0.1) is 0 Å². The highest BCUT2D eigenvalue weighted by Crippen LogP contribution is 2.16. The second-order valence-electron chi connectivity index (χ2n) is 6.15. The maximum atomic E-state index is 12.0. The number of H-pyrrole nitrogens is 1. The average Bonchev–Trinajstić information content (AvgIpc) is 2.71. The summed E-state index contributed by atoms with van der Waals surface area (Å²) < 4.78 is 5.62. The molecule has 0 aliphatic carbocycles. The highest BCUT2D eigenvalue weighted by molar-refractivity contribution is 8.22. The molecule has 3 aromatic rings. The van der Waals surface area contributed by atoms with Crippen LogP contribution in [0.2, 0.25) is 0 Å². The molecule has 0 atom stereocenters.